The Bertz CT molecular complexity index is 570. The smallest absolute Gasteiger partial charge is 0.241 e. The van der Waals surface area contributed by atoms with Crippen molar-refractivity contribution in [2.24, 2.45) is 0 Å². The molecule has 1 aromatic rings. The lowest BCUT2D eigenvalue weighted by Crippen LogP contribution is -2.44. The lowest BCUT2D eigenvalue weighted by Gasteiger charge is -2.15. The zero-order valence-corrected chi connectivity index (χ0v) is 13.6. The summed E-state index contributed by atoms with van der Waals surface area (Å²) in [4.78, 5) is 11.7. The molecular formula is C14H23N3O3S. The fraction of sp³-hybridized carbons (Fsp3) is 0.500. The molecule has 1 aromatic carbocycles. The van der Waals surface area contributed by atoms with Crippen LogP contribution in [0.3, 0.4) is 0 Å². The van der Waals surface area contributed by atoms with Crippen molar-refractivity contribution >= 4 is 15.9 Å². The summed E-state index contributed by atoms with van der Waals surface area (Å²) in [6.07, 6.45) is 0. The first-order chi connectivity index (χ1) is 9.81. The van der Waals surface area contributed by atoms with Crippen LogP contribution < -0.4 is 15.4 Å². The molecule has 1 amide bonds. The molecule has 0 aliphatic heterocycles. The number of amides is 1. The summed E-state index contributed by atoms with van der Waals surface area (Å²) in [6, 6.07) is 5.92. The van der Waals surface area contributed by atoms with Gasteiger partial charge in [0.2, 0.25) is 15.9 Å². The van der Waals surface area contributed by atoms with E-state index in [9.17, 15) is 13.2 Å². The summed E-state index contributed by atoms with van der Waals surface area (Å²) in [5.74, 6) is -0.346. The Morgan fingerprint density at radius 2 is 1.76 bits per heavy atom. The van der Waals surface area contributed by atoms with Gasteiger partial charge in [-0.15, -0.1) is 0 Å². The van der Waals surface area contributed by atoms with Crippen LogP contribution in [0.1, 0.15) is 32.4 Å². The highest BCUT2D eigenvalue weighted by molar-refractivity contribution is 7.89. The lowest BCUT2D eigenvalue weighted by atomic mass is 10.1. The summed E-state index contributed by atoms with van der Waals surface area (Å²) in [5.41, 5.74) is 0.994. The Hall–Kier alpha value is -1.44. The average Bonchev–Trinajstić information content (AvgIpc) is 2.46. The van der Waals surface area contributed by atoms with Crippen LogP contribution >= 0.6 is 0 Å². The molecule has 0 spiro atoms. The van der Waals surface area contributed by atoms with Crippen LogP contribution in [0.5, 0.6) is 0 Å². The Morgan fingerprint density at radius 1 is 1.19 bits per heavy atom. The van der Waals surface area contributed by atoms with Gasteiger partial charge in [0.1, 0.15) is 0 Å². The van der Waals surface area contributed by atoms with Gasteiger partial charge >= 0.3 is 0 Å². The van der Waals surface area contributed by atoms with Crippen molar-refractivity contribution in [2.75, 3.05) is 13.6 Å². The van der Waals surface area contributed by atoms with E-state index in [4.69, 9.17) is 0 Å². The van der Waals surface area contributed by atoms with E-state index >= 15 is 0 Å². The molecule has 6 nitrogen and oxygen atoms in total. The number of likely N-dealkylation sites (N-methyl/N-ethyl adjacent to an activating group) is 1. The van der Waals surface area contributed by atoms with Crippen molar-refractivity contribution in [1.29, 1.82) is 0 Å². The monoisotopic (exact) mass is 313 g/mol. The Balaban J connectivity index is 2.85. The SMILES string of the molecule is CCNC(=O)C(C)NS(=O)(=O)c1ccc(C(C)NC)cc1. The van der Waals surface area contributed by atoms with E-state index in [1.807, 2.05) is 14.0 Å². The number of nitrogens with one attached hydrogen (secondary N) is 3. The maximum Gasteiger partial charge on any atom is 0.241 e. The molecule has 0 heterocycles. The number of hydrogen-bond donors (Lipinski definition) is 3. The zero-order valence-electron chi connectivity index (χ0n) is 12.8. The van der Waals surface area contributed by atoms with Crippen LogP contribution in [0.25, 0.3) is 0 Å². The Morgan fingerprint density at radius 3 is 2.24 bits per heavy atom. The van der Waals surface area contributed by atoms with Crippen molar-refractivity contribution < 1.29 is 13.2 Å². The predicted octanol–water partition coefficient (Wildman–Crippen LogP) is 0.770. The first-order valence-electron chi connectivity index (χ1n) is 6.89. The highest BCUT2D eigenvalue weighted by Crippen LogP contribution is 2.16. The number of rotatable bonds is 7. The van der Waals surface area contributed by atoms with E-state index < -0.39 is 16.1 Å². The number of carbonyl (C=O) groups excluding carboxylic acids is 1. The van der Waals surface area contributed by atoms with E-state index in [-0.39, 0.29) is 16.8 Å². The van der Waals surface area contributed by atoms with Crippen molar-refractivity contribution in [2.45, 2.75) is 37.8 Å². The van der Waals surface area contributed by atoms with Gasteiger partial charge in [0, 0.05) is 12.6 Å². The van der Waals surface area contributed by atoms with E-state index in [1.54, 1.807) is 19.1 Å². The zero-order chi connectivity index (χ0) is 16.0. The maximum absolute atomic E-state index is 12.2. The summed E-state index contributed by atoms with van der Waals surface area (Å²) in [7, 11) is -1.87. The molecule has 1 rings (SSSR count). The van der Waals surface area contributed by atoms with Crippen molar-refractivity contribution in [3.63, 3.8) is 0 Å². The molecule has 118 valence electrons. The van der Waals surface area contributed by atoms with Gasteiger partial charge in [-0.2, -0.15) is 4.72 Å². The Labute approximate surface area is 126 Å². The van der Waals surface area contributed by atoms with E-state index in [0.29, 0.717) is 6.54 Å². The molecule has 21 heavy (non-hydrogen) atoms. The molecule has 7 heteroatoms. The normalized spacial score (nSPS) is 14.5. The summed E-state index contributed by atoms with van der Waals surface area (Å²) < 4.78 is 26.8. The van der Waals surface area contributed by atoms with Gasteiger partial charge in [-0.25, -0.2) is 8.42 Å². The fourth-order valence-corrected chi connectivity index (χ4v) is 2.99. The van der Waals surface area contributed by atoms with Gasteiger partial charge in [-0.05, 0) is 45.5 Å². The van der Waals surface area contributed by atoms with Gasteiger partial charge in [0.25, 0.3) is 0 Å². The highest BCUT2D eigenvalue weighted by atomic mass is 32.2. The quantitative estimate of drug-likeness (QED) is 0.694. The second kappa shape index (κ2) is 7.53. The number of hydrogen-bond acceptors (Lipinski definition) is 4. The molecule has 2 unspecified atom stereocenters. The van der Waals surface area contributed by atoms with Crippen LogP contribution in [-0.2, 0) is 14.8 Å². The van der Waals surface area contributed by atoms with Crippen molar-refractivity contribution in [3.8, 4) is 0 Å². The third kappa shape index (κ3) is 4.80. The van der Waals surface area contributed by atoms with Crippen LogP contribution in [-0.4, -0.2) is 34.0 Å². The van der Waals surface area contributed by atoms with Gasteiger partial charge in [-0.3, -0.25) is 4.79 Å². The van der Waals surface area contributed by atoms with Crippen molar-refractivity contribution in [1.82, 2.24) is 15.4 Å². The van der Waals surface area contributed by atoms with Gasteiger partial charge < -0.3 is 10.6 Å². The minimum absolute atomic E-state index is 0.143. The maximum atomic E-state index is 12.2. The molecule has 2 atom stereocenters. The first-order valence-corrected chi connectivity index (χ1v) is 8.37. The Kier molecular flexibility index (Phi) is 6.32. The van der Waals surface area contributed by atoms with E-state index in [1.165, 1.54) is 19.1 Å². The first kappa shape index (κ1) is 17.6. The summed E-state index contributed by atoms with van der Waals surface area (Å²) in [6.45, 7) is 5.74. The minimum Gasteiger partial charge on any atom is -0.355 e. The van der Waals surface area contributed by atoms with Crippen LogP contribution in [0.4, 0.5) is 0 Å². The number of carbonyl (C=O) groups is 1. The van der Waals surface area contributed by atoms with E-state index in [2.05, 4.69) is 15.4 Å². The molecule has 0 radical (unpaired) electrons. The third-order valence-corrected chi connectivity index (χ3v) is 4.76. The molecule has 0 fully saturated rings. The standard InChI is InChI=1S/C14H23N3O3S/c1-5-16-14(18)11(3)17-21(19,20)13-8-6-12(7-9-13)10(2)15-4/h6-11,15,17H,5H2,1-4H3,(H,16,18). The topological polar surface area (TPSA) is 87.3 Å². The minimum atomic E-state index is -3.70. The molecular weight excluding hydrogens is 290 g/mol. The molecule has 0 aliphatic rings. The van der Waals surface area contributed by atoms with Crippen LogP contribution in [0, 0.1) is 0 Å². The average molecular weight is 313 g/mol. The molecule has 0 aromatic heterocycles. The van der Waals surface area contributed by atoms with Gasteiger partial charge in [0.15, 0.2) is 0 Å². The number of benzene rings is 1. The van der Waals surface area contributed by atoms with E-state index in [0.717, 1.165) is 5.56 Å². The highest BCUT2D eigenvalue weighted by Gasteiger charge is 2.21. The molecule has 0 bridgehead atoms. The van der Waals surface area contributed by atoms with Crippen LogP contribution in [0.2, 0.25) is 0 Å². The third-order valence-electron chi connectivity index (χ3n) is 3.20. The van der Waals surface area contributed by atoms with Crippen molar-refractivity contribution in [3.05, 3.63) is 29.8 Å². The second-order valence-electron chi connectivity index (χ2n) is 4.82. The summed E-state index contributed by atoms with van der Waals surface area (Å²) in [5, 5.41) is 5.66. The largest absolute Gasteiger partial charge is 0.355 e. The number of sulfonamides is 1. The van der Waals surface area contributed by atoms with Gasteiger partial charge in [-0.1, -0.05) is 12.1 Å². The van der Waals surface area contributed by atoms with Gasteiger partial charge in [0.05, 0.1) is 10.9 Å². The predicted molar refractivity (Wildman–Crippen MR) is 82.4 cm³/mol. The summed E-state index contributed by atoms with van der Waals surface area (Å²) >= 11 is 0. The lowest BCUT2D eigenvalue weighted by molar-refractivity contribution is -0.122. The molecule has 0 saturated carbocycles. The fourth-order valence-electron chi connectivity index (χ4n) is 1.78. The van der Waals surface area contributed by atoms with Crippen LogP contribution in [0.15, 0.2) is 29.2 Å². The molecule has 0 aliphatic carbocycles. The molecule has 0 saturated heterocycles. The second-order valence-corrected chi connectivity index (χ2v) is 6.53. The molecule has 3 N–H and O–H groups in total.